The van der Waals surface area contributed by atoms with E-state index >= 15 is 0 Å². The van der Waals surface area contributed by atoms with Crippen molar-refractivity contribution in [2.45, 2.75) is 6.92 Å². The highest BCUT2D eigenvalue weighted by atomic mass is 16.5. The van der Waals surface area contributed by atoms with Gasteiger partial charge in [-0.2, -0.15) is 0 Å². The van der Waals surface area contributed by atoms with Crippen molar-refractivity contribution in [2.75, 3.05) is 45.3 Å². The Morgan fingerprint density at radius 3 is 2.06 bits per heavy atom. The molecular formula is C13H20N2O2. The number of rotatable bonds is 3. The van der Waals surface area contributed by atoms with E-state index in [2.05, 4.69) is 22.3 Å². The van der Waals surface area contributed by atoms with Crippen LogP contribution in [0.3, 0.4) is 0 Å². The lowest BCUT2D eigenvalue weighted by atomic mass is 10.1. The molecule has 0 bridgehead atoms. The zero-order valence-corrected chi connectivity index (χ0v) is 10.7. The maximum Gasteiger partial charge on any atom is 0.127 e. The Kier molecular flexibility index (Phi) is 3.74. The Labute approximate surface area is 103 Å². The van der Waals surface area contributed by atoms with Crippen LogP contribution in [0.4, 0.5) is 5.69 Å². The molecule has 1 aromatic carbocycles. The summed E-state index contributed by atoms with van der Waals surface area (Å²) in [7, 11) is 3.40. The maximum absolute atomic E-state index is 5.40. The largest absolute Gasteiger partial charge is 0.496 e. The molecule has 1 heterocycles. The van der Waals surface area contributed by atoms with E-state index < -0.39 is 0 Å². The van der Waals surface area contributed by atoms with Crippen molar-refractivity contribution in [2.24, 2.45) is 0 Å². The molecule has 0 radical (unpaired) electrons. The number of nitrogens with one attached hydrogen (secondary N) is 1. The summed E-state index contributed by atoms with van der Waals surface area (Å²) in [5, 5.41) is 3.35. The normalized spacial score (nSPS) is 15.8. The maximum atomic E-state index is 5.40. The number of ether oxygens (including phenoxy) is 2. The molecular weight excluding hydrogens is 216 g/mol. The van der Waals surface area contributed by atoms with E-state index in [-0.39, 0.29) is 0 Å². The molecule has 1 N–H and O–H groups in total. The van der Waals surface area contributed by atoms with Crippen LogP contribution in [0.15, 0.2) is 12.1 Å². The fourth-order valence-electron chi connectivity index (χ4n) is 2.18. The molecule has 1 aliphatic heterocycles. The van der Waals surface area contributed by atoms with Gasteiger partial charge in [0.05, 0.1) is 14.2 Å². The van der Waals surface area contributed by atoms with Gasteiger partial charge >= 0.3 is 0 Å². The van der Waals surface area contributed by atoms with Gasteiger partial charge in [0.1, 0.15) is 11.5 Å². The Hall–Kier alpha value is -1.42. The number of piperazine rings is 1. The first-order chi connectivity index (χ1) is 8.26. The number of hydrogen-bond acceptors (Lipinski definition) is 4. The molecule has 1 fully saturated rings. The van der Waals surface area contributed by atoms with Crippen molar-refractivity contribution >= 4 is 5.69 Å². The van der Waals surface area contributed by atoms with Gasteiger partial charge in [-0.3, -0.25) is 0 Å². The first-order valence-electron chi connectivity index (χ1n) is 5.94. The smallest absolute Gasteiger partial charge is 0.127 e. The van der Waals surface area contributed by atoms with Crippen LogP contribution < -0.4 is 19.7 Å². The number of hydrogen-bond donors (Lipinski definition) is 1. The molecule has 0 aromatic heterocycles. The van der Waals surface area contributed by atoms with Crippen molar-refractivity contribution in [3.63, 3.8) is 0 Å². The third kappa shape index (κ3) is 2.47. The predicted molar refractivity (Wildman–Crippen MR) is 69.4 cm³/mol. The highest BCUT2D eigenvalue weighted by Crippen LogP contribution is 2.33. The molecule has 0 spiro atoms. The van der Waals surface area contributed by atoms with E-state index in [4.69, 9.17) is 9.47 Å². The standard InChI is InChI=1S/C13H20N2O2/c1-10-12(16-2)8-11(9-13(10)17-3)15-6-4-14-5-7-15/h8-9,14H,4-7H2,1-3H3. The van der Waals surface area contributed by atoms with E-state index in [1.165, 1.54) is 5.69 Å². The van der Waals surface area contributed by atoms with Crippen LogP contribution in [0.25, 0.3) is 0 Å². The molecule has 2 rings (SSSR count). The summed E-state index contributed by atoms with van der Waals surface area (Å²) in [5.41, 5.74) is 2.22. The highest BCUT2D eigenvalue weighted by molar-refractivity contribution is 5.60. The molecule has 0 atom stereocenters. The summed E-state index contributed by atoms with van der Waals surface area (Å²) in [6.45, 7) is 6.11. The molecule has 1 aromatic rings. The zero-order valence-electron chi connectivity index (χ0n) is 10.7. The van der Waals surface area contributed by atoms with Crippen LogP contribution in [-0.4, -0.2) is 40.4 Å². The summed E-state index contributed by atoms with van der Waals surface area (Å²) in [5.74, 6) is 1.77. The van der Waals surface area contributed by atoms with Gasteiger partial charge in [0, 0.05) is 49.6 Å². The second-order valence-corrected chi connectivity index (χ2v) is 4.21. The van der Waals surface area contributed by atoms with Crippen molar-refractivity contribution < 1.29 is 9.47 Å². The Balaban J connectivity index is 2.33. The fourth-order valence-corrected chi connectivity index (χ4v) is 2.18. The average Bonchev–Trinajstić information content (AvgIpc) is 2.40. The number of anilines is 1. The molecule has 0 unspecified atom stereocenters. The molecule has 0 amide bonds. The second-order valence-electron chi connectivity index (χ2n) is 4.21. The Bertz CT molecular complexity index is 362. The first kappa shape index (κ1) is 12.0. The SMILES string of the molecule is COc1cc(N2CCNCC2)cc(OC)c1C. The third-order valence-electron chi connectivity index (χ3n) is 3.22. The zero-order chi connectivity index (χ0) is 12.3. The van der Waals surface area contributed by atoms with E-state index in [0.717, 1.165) is 43.2 Å². The Morgan fingerprint density at radius 1 is 1.06 bits per heavy atom. The van der Waals surface area contributed by atoms with Crippen molar-refractivity contribution in [3.8, 4) is 11.5 Å². The van der Waals surface area contributed by atoms with Crippen LogP contribution in [0.5, 0.6) is 11.5 Å². The molecule has 4 nitrogen and oxygen atoms in total. The van der Waals surface area contributed by atoms with Crippen molar-refractivity contribution in [3.05, 3.63) is 17.7 Å². The van der Waals surface area contributed by atoms with Gasteiger partial charge in [0.2, 0.25) is 0 Å². The molecule has 1 saturated heterocycles. The second kappa shape index (κ2) is 5.27. The monoisotopic (exact) mass is 236 g/mol. The minimum absolute atomic E-state index is 0.887. The van der Waals surface area contributed by atoms with Crippen LogP contribution in [0, 0.1) is 6.92 Å². The van der Waals surface area contributed by atoms with Gasteiger partial charge < -0.3 is 19.7 Å². The molecule has 94 valence electrons. The molecule has 0 saturated carbocycles. The van der Waals surface area contributed by atoms with Crippen LogP contribution >= 0.6 is 0 Å². The lowest BCUT2D eigenvalue weighted by Gasteiger charge is -2.30. The van der Waals surface area contributed by atoms with Crippen LogP contribution in [0.1, 0.15) is 5.56 Å². The van der Waals surface area contributed by atoms with Gasteiger partial charge in [-0.1, -0.05) is 0 Å². The molecule has 4 heteroatoms. The summed E-state index contributed by atoms with van der Waals surface area (Å²) < 4.78 is 10.8. The van der Waals surface area contributed by atoms with Gasteiger partial charge in [-0.05, 0) is 6.92 Å². The molecule has 1 aliphatic rings. The third-order valence-corrected chi connectivity index (χ3v) is 3.22. The minimum atomic E-state index is 0.887. The fraction of sp³-hybridized carbons (Fsp3) is 0.538. The molecule has 17 heavy (non-hydrogen) atoms. The lowest BCUT2D eigenvalue weighted by Crippen LogP contribution is -2.43. The van der Waals surface area contributed by atoms with Gasteiger partial charge in [0.15, 0.2) is 0 Å². The van der Waals surface area contributed by atoms with Crippen molar-refractivity contribution in [1.29, 1.82) is 0 Å². The van der Waals surface area contributed by atoms with E-state index in [0.29, 0.717) is 0 Å². The van der Waals surface area contributed by atoms with Gasteiger partial charge in [-0.25, -0.2) is 0 Å². The summed E-state index contributed by atoms with van der Waals surface area (Å²) in [6.07, 6.45) is 0. The number of nitrogens with zero attached hydrogens (tertiary/aromatic N) is 1. The Morgan fingerprint density at radius 2 is 1.59 bits per heavy atom. The van der Waals surface area contributed by atoms with E-state index in [1.54, 1.807) is 14.2 Å². The minimum Gasteiger partial charge on any atom is -0.496 e. The van der Waals surface area contributed by atoms with E-state index in [9.17, 15) is 0 Å². The quantitative estimate of drug-likeness (QED) is 0.860. The molecule has 0 aliphatic carbocycles. The highest BCUT2D eigenvalue weighted by Gasteiger charge is 2.15. The predicted octanol–water partition coefficient (Wildman–Crippen LogP) is 1.42. The van der Waals surface area contributed by atoms with Gasteiger partial charge in [0.25, 0.3) is 0 Å². The number of methoxy groups -OCH3 is 2. The lowest BCUT2D eigenvalue weighted by molar-refractivity contribution is 0.388. The summed E-state index contributed by atoms with van der Waals surface area (Å²) in [6, 6.07) is 4.17. The topological polar surface area (TPSA) is 33.7 Å². The van der Waals surface area contributed by atoms with Crippen molar-refractivity contribution in [1.82, 2.24) is 5.32 Å². The number of benzene rings is 1. The van der Waals surface area contributed by atoms with Crippen LogP contribution in [0.2, 0.25) is 0 Å². The summed E-state index contributed by atoms with van der Waals surface area (Å²) in [4.78, 5) is 2.35. The summed E-state index contributed by atoms with van der Waals surface area (Å²) >= 11 is 0. The van der Waals surface area contributed by atoms with Crippen LogP contribution in [-0.2, 0) is 0 Å². The van der Waals surface area contributed by atoms with Gasteiger partial charge in [-0.15, -0.1) is 0 Å². The first-order valence-corrected chi connectivity index (χ1v) is 5.94. The average molecular weight is 236 g/mol. The van der Waals surface area contributed by atoms with E-state index in [1.807, 2.05) is 6.92 Å².